The maximum absolute atomic E-state index is 13.6. The summed E-state index contributed by atoms with van der Waals surface area (Å²) < 4.78 is 0.977. The fourth-order valence-electron chi connectivity index (χ4n) is 3.57. The smallest absolute Gasteiger partial charge is 0.243 e. The molecule has 0 fully saturated rings. The molecule has 0 spiro atoms. The van der Waals surface area contributed by atoms with E-state index in [1.54, 1.807) is 4.90 Å². The molecule has 1 unspecified atom stereocenters. The van der Waals surface area contributed by atoms with Crippen molar-refractivity contribution in [2.75, 3.05) is 12.3 Å². The molecule has 34 heavy (non-hydrogen) atoms. The summed E-state index contributed by atoms with van der Waals surface area (Å²) in [5.74, 6) is 0.101. The lowest BCUT2D eigenvalue weighted by atomic mass is 10.0. The number of benzene rings is 3. The Kier molecular flexibility index (Phi) is 10.2. The van der Waals surface area contributed by atoms with E-state index in [4.69, 9.17) is 0 Å². The highest BCUT2D eigenvalue weighted by atomic mass is 79.9. The first-order valence-electron chi connectivity index (χ1n) is 11.5. The van der Waals surface area contributed by atoms with Gasteiger partial charge in [-0.3, -0.25) is 9.59 Å². The minimum absolute atomic E-state index is 0.0546. The van der Waals surface area contributed by atoms with Gasteiger partial charge in [-0.15, -0.1) is 11.8 Å². The number of aryl methyl sites for hydroxylation is 1. The topological polar surface area (TPSA) is 49.4 Å². The summed E-state index contributed by atoms with van der Waals surface area (Å²) in [6.45, 7) is 5.03. The Hall–Kier alpha value is -2.57. The molecule has 0 aliphatic rings. The number of nitrogens with zero attached hydrogens (tertiary/aromatic N) is 1. The molecular weight excluding hydrogens is 508 g/mol. The van der Waals surface area contributed by atoms with Crippen molar-refractivity contribution in [1.82, 2.24) is 10.2 Å². The highest BCUT2D eigenvalue weighted by molar-refractivity contribution is 9.10. The van der Waals surface area contributed by atoms with Gasteiger partial charge in [-0.05, 0) is 48.7 Å². The summed E-state index contributed by atoms with van der Waals surface area (Å²) in [4.78, 5) is 29.6. The van der Waals surface area contributed by atoms with E-state index in [0.29, 0.717) is 19.5 Å². The largest absolute Gasteiger partial charge is 0.354 e. The van der Waals surface area contributed by atoms with Crippen molar-refractivity contribution >= 4 is 39.5 Å². The summed E-state index contributed by atoms with van der Waals surface area (Å²) in [7, 11) is 0. The zero-order valence-corrected chi connectivity index (χ0v) is 22.1. The van der Waals surface area contributed by atoms with Crippen LogP contribution in [0.5, 0.6) is 0 Å². The lowest BCUT2D eigenvalue weighted by Crippen LogP contribution is -2.51. The molecule has 3 aromatic carbocycles. The molecule has 4 nitrogen and oxygen atoms in total. The SMILES string of the molecule is CCCNC(=O)C(Cc1ccccc1)N(Cc1ccc(Br)cc1)C(=O)CSc1ccc(C)cc1. The van der Waals surface area contributed by atoms with Crippen molar-refractivity contribution < 1.29 is 9.59 Å². The number of hydrogen-bond acceptors (Lipinski definition) is 3. The van der Waals surface area contributed by atoms with Crippen LogP contribution in [0.3, 0.4) is 0 Å². The monoisotopic (exact) mass is 538 g/mol. The van der Waals surface area contributed by atoms with Crippen LogP contribution in [0.25, 0.3) is 0 Å². The van der Waals surface area contributed by atoms with Gasteiger partial charge in [-0.2, -0.15) is 0 Å². The molecule has 3 aromatic rings. The first-order chi connectivity index (χ1) is 16.5. The highest BCUT2D eigenvalue weighted by Crippen LogP contribution is 2.22. The van der Waals surface area contributed by atoms with Gasteiger partial charge in [0.1, 0.15) is 6.04 Å². The van der Waals surface area contributed by atoms with E-state index in [-0.39, 0.29) is 17.6 Å². The third kappa shape index (κ3) is 8.03. The Morgan fingerprint density at radius 3 is 2.26 bits per heavy atom. The average molecular weight is 540 g/mol. The van der Waals surface area contributed by atoms with Crippen molar-refractivity contribution in [2.45, 2.75) is 44.2 Å². The van der Waals surface area contributed by atoms with Gasteiger partial charge in [-0.25, -0.2) is 0 Å². The number of amides is 2. The molecule has 0 heterocycles. The summed E-state index contributed by atoms with van der Waals surface area (Å²) in [5.41, 5.74) is 3.19. The van der Waals surface area contributed by atoms with E-state index in [1.165, 1.54) is 17.3 Å². The Labute approximate surface area is 215 Å². The lowest BCUT2D eigenvalue weighted by molar-refractivity contribution is -0.139. The fraction of sp³-hybridized carbons (Fsp3) is 0.286. The molecule has 3 rings (SSSR count). The van der Waals surface area contributed by atoms with E-state index in [2.05, 4.69) is 21.2 Å². The van der Waals surface area contributed by atoms with Crippen molar-refractivity contribution in [3.8, 4) is 0 Å². The van der Waals surface area contributed by atoms with Crippen LogP contribution < -0.4 is 5.32 Å². The van der Waals surface area contributed by atoms with Crippen LogP contribution in [0.15, 0.2) is 88.2 Å². The zero-order valence-electron chi connectivity index (χ0n) is 19.7. The van der Waals surface area contributed by atoms with Gasteiger partial charge in [0.25, 0.3) is 0 Å². The average Bonchev–Trinajstić information content (AvgIpc) is 2.86. The minimum atomic E-state index is -0.594. The van der Waals surface area contributed by atoms with Crippen LogP contribution in [-0.4, -0.2) is 35.1 Å². The van der Waals surface area contributed by atoms with Gasteiger partial charge in [0.05, 0.1) is 5.75 Å². The summed E-state index contributed by atoms with van der Waals surface area (Å²) >= 11 is 4.97. The molecule has 0 saturated carbocycles. The molecular formula is C28H31BrN2O2S. The number of nitrogens with one attached hydrogen (secondary N) is 1. The standard InChI is InChI=1S/C28H31BrN2O2S/c1-3-17-30-28(33)26(18-22-7-5-4-6-8-22)31(19-23-11-13-24(29)14-12-23)27(32)20-34-25-15-9-21(2)10-16-25/h4-16,26H,3,17-20H2,1-2H3,(H,30,33). The number of rotatable bonds is 11. The van der Waals surface area contributed by atoms with Gasteiger partial charge in [0.2, 0.25) is 11.8 Å². The van der Waals surface area contributed by atoms with E-state index in [0.717, 1.165) is 26.9 Å². The van der Waals surface area contributed by atoms with Crippen molar-refractivity contribution in [3.05, 3.63) is 100 Å². The molecule has 1 N–H and O–H groups in total. The second-order valence-corrected chi connectivity index (χ2v) is 10.2. The second-order valence-electron chi connectivity index (χ2n) is 8.25. The number of halogens is 1. The van der Waals surface area contributed by atoms with Crippen LogP contribution in [-0.2, 0) is 22.6 Å². The molecule has 0 aromatic heterocycles. The first-order valence-corrected chi connectivity index (χ1v) is 13.3. The Morgan fingerprint density at radius 1 is 0.941 bits per heavy atom. The summed E-state index contributed by atoms with van der Waals surface area (Å²) in [6.07, 6.45) is 1.31. The zero-order chi connectivity index (χ0) is 24.3. The first kappa shape index (κ1) is 26.0. The van der Waals surface area contributed by atoms with E-state index in [1.807, 2.05) is 92.7 Å². The highest BCUT2D eigenvalue weighted by Gasteiger charge is 2.30. The molecule has 0 radical (unpaired) electrons. The molecule has 0 aliphatic heterocycles. The molecule has 0 bridgehead atoms. The van der Waals surface area contributed by atoms with Gasteiger partial charge < -0.3 is 10.2 Å². The third-order valence-electron chi connectivity index (χ3n) is 5.47. The van der Waals surface area contributed by atoms with Gasteiger partial charge in [-0.1, -0.05) is 83.0 Å². The number of carbonyl (C=O) groups is 2. The normalized spacial score (nSPS) is 11.6. The predicted molar refractivity (Wildman–Crippen MR) is 144 cm³/mol. The number of carbonyl (C=O) groups excluding carboxylic acids is 2. The molecule has 0 aliphatic carbocycles. The van der Waals surface area contributed by atoms with Crippen LogP contribution in [0, 0.1) is 6.92 Å². The van der Waals surface area contributed by atoms with Crippen molar-refractivity contribution in [2.24, 2.45) is 0 Å². The minimum Gasteiger partial charge on any atom is -0.354 e. The molecule has 178 valence electrons. The number of hydrogen-bond donors (Lipinski definition) is 1. The van der Waals surface area contributed by atoms with E-state index in [9.17, 15) is 9.59 Å². The molecule has 1 atom stereocenters. The van der Waals surface area contributed by atoms with E-state index < -0.39 is 6.04 Å². The molecule has 6 heteroatoms. The second kappa shape index (κ2) is 13.4. The van der Waals surface area contributed by atoms with Gasteiger partial charge in [0, 0.05) is 28.9 Å². The Bertz CT molecular complexity index is 1060. The maximum atomic E-state index is 13.6. The van der Waals surface area contributed by atoms with Crippen LogP contribution in [0.4, 0.5) is 0 Å². The van der Waals surface area contributed by atoms with Crippen LogP contribution in [0.2, 0.25) is 0 Å². The molecule has 2 amide bonds. The predicted octanol–water partition coefficient (Wildman–Crippen LogP) is 6.02. The van der Waals surface area contributed by atoms with Gasteiger partial charge in [0.15, 0.2) is 0 Å². The fourth-order valence-corrected chi connectivity index (χ4v) is 4.62. The van der Waals surface area contributed by atoms with Crippen LogP contribution >= 0.6 is 27.7 Å². The van der Waals surface area contributed by atoms with Crippen molar-refractivity contribution in [1.29, 1.82) is 0 Å². The Morgan fingerprint density at radius 2 is 1.62 bits per heavy atom. The molecule has 0 saturated heterocycles. The van der Waals surface area contributed by atoms with Gasteiger partial charge >= 0.3 is 0 Å². The van der Waals surface area contributed by atoms with E-state index >= 15 is 0 Å². The quantitative estimate of drug-likeness (QED) is 0.304. The summed E-state index contributed by atoms with van der Waals surface area (Å²) in [5, 5.41) is 3.02. The Balaban J connectivity index is 1.87. The summed E-state index contributed by atoms with van der Waals surface area (Å²) in [6, 6.07) is 25.3. The lowest BCUT2D eigenvalue weighted by Gasteiger charge is -2.31. The van der Waals surface area contributed by atoms with Crippen LogP contribution in [0.1, 0.15) is 30.0 Å². The maximum Gasteiger partial charge on any atom is 0.243 e. The van der Waals surface area contributed by atoms with Crippen molar-refractivity contribution in [3.63, 3.8) is 0 Å². The third-order valence-corrected chi connectivity index (χ3v) is 7.00. The number of thioether (sulfide) groups is 1.